The Hall–Kier alpha value is -1.61. The smallest absolute Gasteiger partial charge is 0.368 e. The summed E-state index contributed by atoms with van der Waals surface area (Å²) in [6.07, 6.45) is -4.65. The number of primary amides is 1. The van der Waals surface area contributed by atoms with Gasteiger partial charge in [0, 0.05) is 7.05 Å². The number of hydrogen-bond acceptors (Lipinski definition) is 3. The minimum Gasteiger partial charge on any atom is -0.368 e. The summed E-state index contributed by atoms with van der Waals surface area (Å²) < 4.78 is 62.5. The van der Waals surface area contributed by atoms with Crippen LogP contribution >= 0.6 is 0 Å². The maximum atomic E-state index is 12.6. The lowest BCUT2D eigenvalue weighted by molar-refractivity contribution is -0.137. The topological polar surface area (TPSA) is 80.5 Å². The number of alkyl halides is 3. The van der Waals surface area contributed by atoms with Crippen molar-refractivity contribution in [2.75, 3.05) is 7.05 Å². The molecule has 1 aromatic carbocycles. The summed E-state index contributed by atoms with van der Waals surface area (Å²) in [6.45, 7) is 1.24. The molecule has 1 atom stereocenters. The highest BCUT2D eigenvalue weighted by atomic mass is 32.2. The average molecular weight is 310 g/mol. The van der Waals surface area contributed by atoms with Crippen LogP contribution in [0.1, 0.15) is 12.5 Å². The standard InChI is InChI=1S/C11H13F3N2O3S/c1-7(10(15)17)16(2)20(18,19)9-5-3-4-8(6-9)11(12,13)14/h3-7H,1-2H3,(H2,15,17). The number of sulfonamides is 1. The number of nitrogens with two attached hydrogens (primary N) is 1. The molecular weight excluding hydrogens is 297 g/mol. The summed E-state index contributed by atoms with van der Waals surface area (Å²) in [5.41, 5.74) is 3.90. The number of halogens is 3. The van der Waals surface area contributed by atoms with Crippen LogP contribution < -0.4 is 5.73 Å². The highest BCUT2D eigenvalue weighted by molar-refractivity contribution is 7.89. The van der Waals surface area contributed by atoms with Gasteiger partial charge < -0.3 is 5.73 Å². The molecule has 0 aliphatic carbocycles. The third kappa shape index (κ3) is 3.28. The Morgan fingerprint density at radius 1 is 1.35 bits per heavy atom. The van der Waals surface area contributed by atoms with Crippen molar-refractivity contribution in [1.82, 2.24) is 4.31 Å². The van der Waals surface area contributed by atoms with Crippen LogP contribution in [0.25, 0.3) is 0 Å². The van der Waals surface area contributed by atoms with Gasteiger partial charge in [-0.2, -0.15) is 17.5 Å². The maximum absolute atomic E-state index is 12.6. The lowest BCUT2D eigenvalue weighted by Crippen LogP contribution is -2.43. The Balaban J connectivity index is 3.27. The molecule has 0 saturated heterocycles. The molecule has 1 aromatic rings. The number of carbonyl (C=O) groups is 1. The molecule has 0 heterocycles. The largest absolute Gasteiger partial charge is 0.416 e. The number of benzene rings is 1. The highest BCUT2D eigenvalue weighted by Gasteiger charge is 2.33. The van der Waals surface area contributed by atoms with E-state index in [2.05, 4.69) is 0 Å². The highest BCUT2D eigenvalue weighted by Crippen LogP contribution is 2.31. The van der Waals surface area contributed by atoms with Gasteiger partial charge >= 0.3 is 6.18 Å². The first-order chi connectivity index (χ1) is 8.98. The van der Waals surface area contributed by atoms with E-state index >= 15 is 0 Å². The SMILES string of the molecule is CC(C(N)=O)N(C)S(=O)(=O)c1cccc(C(F)(F)F)c1. The summed E-state index contributed by atoms with van der Waals surface area (Å²) in [6, 6.07) is 2.11. The van der Waals surface area contributed by atoms with Gasteiger partial charge in [0.1, 0.15) is 6.04 Å². The Labute approximate surface area is 114 Å². The Bertz CT molecular complexity index is 614. The molecule has 0 aliphatic rings. The fourth-order valence-corrected chi connectivity index (χ4v) is 2.77. The van der Waals surface area contributed by atoms with Crippen molar-refractivity contribution in [2.24, 2.45) is 5.73 Å². The first-order valence-electron chi connectivity index (χ1n) is 5.42. The fraction of sp³-hybridized carbons (Fsp3) is 0.364. The first kappa shape index (κ1) is 16.4. The van der Waals surface area contributed by atoms with Crippen LogP contribution in [0.3, 0.4) is 0 Å². The zero-order valence-corrected chi connectivity index (χ0v) is 11.5. The van der Waals surface area contributed by atoms with Crippen LogP contribution in [-0.2, 0) is 21.0 Å². The maximum Gasteiger partial charge on any atom is 0.416 e. The van der Waals surface area contributed by atoms with Gasteiger partial charge in [-0.05, 0) is 25.1 Å². The predicted octanol–water partition coefficient (Wildman–Crippen LogP) is 1.20. The number of hydrogen-bond donors (Lipinski definition) is 1. The molecule has 20 heavy (non-hydrogen) atoms. The van der Waals surface area contributed by atoms with Crippen molar-refractivity contribution in [2.45, 2.75) is 24.0 Å². The molecular formula is C11H13F3N2O3S. The summed E-state index contributed by atoms with van der Waals surface area (Å²) >= 11 is 0. The van der Waals surface area contributed by atoms with Gasteiger partial charge in [-0.15, -0.1) is 0 Å². The van der Waals surface area contributed by atoms with Crippen LogP contribution in [-0.4, -0.2) is 31.7 Å². The van der Waals surface area contributed by atoms with Crippen molar-refractivity contribution in [3.63, 3.8) is 0 Å². The number of nitrogens with zero attached hydrogens (tertiary/aromatic N) is 1. The predicted molar refractivity (Wildman–Crippen MR) is 65.0 cm³/mol. The molecule has 1 rings (SSSR count). The lowest BCUT2D eigenvalue weighted by Gasteiger charge is -2.22. The molecule has 0 saturated carbocycles. The molecule has 0 aromatic heterocycles. The molecule has 5 nitrogen and oxygen atoms in total. The Kier molecular flexibility index (Phi) is 4.45. The van der Waals surface area contributed by atoms with E-state index in [1.807, 2.05) is 0 Å². The van der Waals surface area contributed by atoms with E-state index in [9.17, 15) is 26.4 Å². The molecule has 0 bridgehead atoms. The molecule has 2 N–H and O–H groups in total. The van der Waals surface area contributed by atoms with Gasteiger partial charge in [-0.1, -0.05) is 6.07 Å². The normalized spacial score (nSPS) is 14.3. The fourth-order valence-electron chi connectivity index (χ4n) is 1.39. The minimum atomic E-state index is -4.65. The van der Waals surface area contributed by atoms with Crippen LogP contribution in [0.4, 0.5) is 13.2 Å². The molecule has 1 unspecified atom stereocenters. The van der Waals surface area contributed by atoms with Crippen LogP contribution in [0, 0.1) is 0 Å². The molecule has 9 heteroatoms. The third-order valence-corrected chi connectivity index (χ3v) is 4.72. The van der Waals surface area contributed by atoms with Crippen molar-refractivity contribution in [3.8, 4) is 0 Å². The summed E-state index contributed by atoms with van der Waals surface area (Å²) in [5, 5.41) is 0. The Morgan fingerprint density at radius 2 is 1.90 bits per heavy atom. The molecule has 0 aliphatic heterocycles. The number of rotatable bonds is 4. The van der Waals surface area contributed by atoms with Gasteiger partial charge in [0.15, 0.2) is 0 Å². The van der Waals surface area contributed by atoms with Crippen molar-refractivity contribution in [3.05, 3.63) is 29.8 Å². The summed E-state index contributed by atoms with van der Waals surface area (Å²) in [7, 11) is -3.16. The average Bonchev–Trinajstić information content (AvgIpc) is 2.35. The van der Waals surface area contributed by atoms with E-state index < -0.39 is 38.6 Å². The van der Waals surface area contributed by atoms with Crippen molar-refractivity contribution in [1.29, 1.82) is 0 Å². The monoisotopic (exact) mass is 310 g/mol. The molecule has 1 amide bonds. The van der Waals surface area contributed by atoms with E-state index in [4.69, 9.17) is 5.73 Å². The lowest BCUT2D eigenvalue weighted by atomic mass is 10.2. The molecule has 0 spiro atoms. The number of likely N-dealkylation sites (N-methyl/N-ethyl adjacent to an activating group) is 1. The molecule has 112 valence electrons. The second-order valence-corrected chi connectivity index (χ2v) is 6.12. The van der Waals surface area contributed by atoms with Crippen LogP contribution in [0.15, 0.2) is 29.2 Å². The number of amides is 1. The van der Waals surface area contributed by atoms with Crippen molar-refractivity contribution >= 4 is 15.9 Å². The van der Waals surface area contributed by atoms with Crippen molar-refractivity contribution < 1.29 is 26.4 Å². The first-order valence-corrected chi connectivity index (χ1v) is 6.86. The summed E-state index contributed by atoms with van der Waals surface area (Å²) in [5.74, 6) is -0.900. The van der Waals surface area contributed by atoms with Gasteiger partial charge in [0.25, 0.3) is 0 Å². The van der Waals surface area contributed by atoms with E-state index in [0.717, 1.165) is 25.2 Å². The zero-order chi connectivity index (χ0) is 15.7. The van der Waals surface area contributed by atoms with E-state index in [0.29, 0.717) is 10.4 Å². The number of carbonyl (C=O) groups excluding carboxylic acids is 1. The second-order valence-electron chi connectivity index (χ2n) is 4.13. The van der Waals surface area contributed by atoms with E-state index in [1.165, 1.54) is 6.92 Å². The van der Waals surface area contributed by atoms with Crippen LogP contribution in [0.5, 0.6) is 0 Å². The van der Waals surface area contributed by atoms with Gasteiger partial charge in [0.2, 0.25) is 15.9 Å². The molecule has 0 fully saturated rings. The Morgan fingerprint density at radius 3 is 2.35 bits per heavy atom. The zero-order valence-electron chi connectivity index (χ0n) is 10.7. The van der Waals surface area contributed by atoms with E-state index in [1.54, 1.807) is 0 Å². The summed E-state index contributed by atoms with van der Waals surface area (Å²) in [4.78, 5) is 10.4. The molecule has 0 radical (unpaired) electrons. The van der Waals surface area contributed by atoms with Gasteiger partial charge in [0.05, 0.1) is 10.5 Å². The van der Waals surface area contributed by atoms with Crippen LogP contribution in [0.2, 0.25) is 0 Å². The second kappa shape index (κ2) is 5.41. The van der Waals surface area contributed by atoms with Gasteiger partial charge in [-0.25, -0.2) is 8.42 Å². The third-order valence-electron chi connectivity index (χ3n) is 2.80. The van der Waals surface area contributed by atoms with E-state index in [-0.39, 0.29) is 0 Å². The van der Waals surface area contributed by atoms with Gasteiger partial charge in [-0.3, -0.25) is 4.79 Å². The minimum absolute atomic E-state index is 0.513. The quantitative estimate of drug-likeness (QED) is 0.907.